The van der Waals surface area contributed by atoms with Gasteiger partial charge in [-0.1, -0.05) is 31.0 Å². The zero-order chi connectivity index (χ0) is 23.5. The van der Waals surface area contributed by atoms with Crippen molar-refractivity contribution in [1.82, 2.24) is 20.6 Å². The smallest absolute Gasteiger partial charge is 0.252 e. The standard InChI is InChI=1S/C26H32ClN5OS/c1-2-26(10-13-28-14-11-26)9-4-12-29-25-30-16-20(27)23(32-25)22-15-19-18(5-3-6-21(19)34-22)24(33)31-17-7-8-17/h3,5-6,15-17,28H,2,4,7-14H2,1H3,(H,31,33)(H,29,30,32). The number of hydrogen-bond donors (Lipinski definition) is 3. The molecule has 0 atom stereocenters. The summed E-state index contributed by atoms with van der Waals surface area (Å²) in [7, 11) is 0. The molecule has 3 aromatic rings. The fraction of sp³-hybridized carbons (Fsp3) is 0.500. The Labute approximate surface area is 209 Å². The number of nitrogens with one attached hydrogen (secondary N) is 3. The van der Waals surface area contributed by atoms with Gasteiger partial charge in [-0.15, -0.1) is 11.3 Å². The van der Waals surface area contributed by atoms with Gasteiger partial charge < -0.3 is 16.0 Å². The average molecular weight is 498 g/mol. The molecule has 1 aromatic carbocycles. The van der Waals surface area contributed by atoms with Crippen LogP contribution in [0.5, 0.6) is 0 Å². The number of carbonyl (C=O) groups excluding carboxylic acids is 1. The van der Waals surface area contributed by atoms with Crippen LogP contribution in [-0.2, 0) is 0 Å². The maximum atomic E-state index is 12.7. The summed E-state index contributed by atoms with van der Waals surface area (Å²) in [5.74, 6) is 0.589. The molecule has 1 saturated heterocycles. The zero-order valence-electron chi connectivity index (χ0n) is 19.6. The highest BCUT2D eigenvalue weighted by Crippen LogP contribution is 2.38. The summed E-state index contributed by atoms with van der Waals surface area (Å²) in [5, 5.41) is 11.4. The van der Waals surface area contributed by atoms with E-state index in [-0.39, 0.29) is 5.91 Å². The van der Waals surface area contributed by atoms with Gasteiger partial charge in [0.25, 0.3) is 5.91 Å². The van der Waals surface area contributed by atoms with Crippen LogP contribution in [0.1, 0.15) is 62.2 Å². The molecule has 34 heavy (non-hydrogen) atoms. The molecule has 2 aromatic heterocycles. The Morgan fingerprint density at radius 1 is 1.29 bits per heavy atom. The molecule has 8 heteroatoms. The lowest BCUT2D eigenvalue weighted by molar-refractivity contribution is 0.0952. The molecular weight excluding hydrogens is 466 g/mol. The van der Waals surface area contributed by atoms with Crippen molar-refractivity contribution in [3.05, 3.63) is 41.0 Å². The van der Waals surface area contributed by atoms with E-state index in [0.717, 1.165) is 53.9 Å². The fourth-order valence-corrected chi connectivity index (χ4v) is 6.23. The Morgan fingerprint density at radius 2 is 2.12 bits per heavy atom. The van der Waals surface area contributed by atoms with Crippen molar-refractivity contribution >= 4 is 44.9 Å². The molecule has 180 valence electrons. The first-order valence-corrected chi connectivity index (χ1v) is 13.6. The highest BCUT2D eigenvalue weighted by Gasteiger charge is 2.29. The van der Waals surface area contributed by atoms with E-state index in [9.17, 15) is 4.79 Å². The fourth-order valence-electron chi connectivity index (χ4n) is 4.89. The van der Waals surface area contributed by atoms with Gasteiger partial charge >= 0.3 is 0 Å². The van der Waals surface area contributed by atoms with Gasteiger partial charge in [0.1, 0.15) is 5.69 Å². The number of fused-ring (bicyclic) bond motifs is 1. The van der Waals surface area contributed by atoms with Crippen LogP contribution in [0, 0.1) is 5.41 Å². The molecule has 0 spiro atoms. The second-order valence-electron chi connectivity index (χ2n) is 9.60. The van der Waals surface area contributed by atoms with Gasteiger partial charge in [-0.2, -0.15) is 0 Å². The summed E-state index contributed by atoms with van der Waals surface area (Å²) in [6.07, 6.45) is 9.88. The number of aromatic nitrogens is 2. The molecule has 0 radical (unpaired) electrons. The molecule has 5 rings (SSSR count). The largest absolute Gasteiger partial charge is 0.354 e. The lowest BCUT2D eigenvalue weighted by Gasteiger charge is -2.37. The monoisotopic (exact) mass is 497 g/mol. The van der Waals surface area contributed by atoms with Crippen LogP contribution in [0.3, 0.4) is 0 Å². The van der Waals surface area contributed by atoms with E-state index < -0.39 is 0 Å². The molecule has 6 nitrogen and oxygen atoms in total. The van der Waals surface area contributed by atoms with Crippen molar-refractivity contribution in [3.63, 3.8) is 0 Å². The Balaban J connectivity index is 1.29. The molecule has 1 aliphatic heterocycles. The van der Waals surface area contributed by atoms with E-state index in [1.54, 1.807) is 17.5 Å². The summed E-state index contributed by atoms with van der Waals surface area (Å²) in [4.78, 5) is 22.8. The number of piperidine rings is 1. The number of halogens is 1. The Hall–Kier alpha value is -2.22. The van der Waals surface area contributed by atoms with Crippen molar-refractivity contribution in [2.45, 2.75) is 57.9 Å². The second-order valence-corrected chi connectivity index (χ2v) is 11.1. The molecule has 0 unspecified atom stereocenters. The van der Waals surface area contributed by atoms with Crippen molar-refractivity contribution in [2.75, 3.05) is 25.0 Å². The van der Waals surface area contributed by atoms with Crippen molar-refractivity contribution in [3.8, 4) is 10.6 Å². The van der Waals surface area contributed by atoms with Crippen LogP contribution in [0.25, 0.3) is 20.7 Å². The average Bonchev–Trinajstić information content (AvgIpc) is 3.57. The van der Waals surface area contributed by atoms with Gasteiger partial charge in [0.2, 0.25) is 5.95 Å². The summed E-state index contributed by atoms with van der Waals surface area (Å²) in [5.41, 5.74) is 1.88. The van der Waals surface area contributed by atoms with Gasteiger partial charge in [0.15, 0.2) is 0 Å². The minimum Gasteiger partial charge on any atom is -0.354 e. The first kappa shape index (κ1) is 23.5. The van der Waals surface area contributed by atoms with E-state index in [4.69, 9.17) is 16.6 Å². The van der Waals surface area contributed by atoms with Crippen molar-refractivity contribution in [1.29, 1.82) is 0 Å². The number of thiophene rings is 1. The van der Waals surface area contributed by atoms with Crippen LogP contribution in [0.4, 0.5) is 5.95 Å². The van der Waals surface area contributed by atoms with E-state index in [2.05, 4.69) is 27.9 Å². The predicted octanol–water partition coefficient (Wildman–Crippen LogP) is 5.88. The van der Waals surface area contributed by atoms with Crippen molar-refractivity contribution in [2.24, 2.45) is 5.41 Å². The number of hydrogen-bond acceptors (Lipinski definition) is 6. The summed E-state index contributed by atoms with van der Waals surface area (Å²) < 4.78 is 1.05. The van der Waals surface area contributed by atoms with Crippen LogP contribution in [0.15, 0.2) is 30.5 Å². The van der Waals surface area contributed by atoms with Gasteiger partial charge in [0, 0.05) is 28.2 Å². The van der Waals surface area contributed by atoms with Crippen LogP contribution >= 0.6 is 22.9 Å². The molecular formula is C26H32ClN5OS. The van der Waals surface area contributed by atoms with Crippen molar-refractivity contribution < 1.29 is 4.79 Å². The second kappa shape index (κ2) is 10.2. The van der Waals surface area contributed by atoms with Crippen LogP contribution in [0.2, 0.25) is 5.02 Å². The normalized spacial score (nSPS) is 17.6. The van der Waals surface area contributed by atoms with E-state index in [1.807, 2.05) is 24.3 Å². The maximum absolute atomic E-state index is 12.7. The minimum absolute atomic E-state index is 0.00723. The molecule has 1 aliphatic carbocycles. The highest BCUT2D eigenvalue weighted by molar-refractivity contribution is 7.22. The minimum atomic E-state index is -0.00723. The summed E-state index contributed by atoms with van der Waals surface area (Å²) >= 11 is 8.11. The summed E-state index contributed by atoms with van der Waals surface area (Å²) in [6.45, 7) is 5.42. The summed E-state index contributed by atoms with van der Waals surface area (Å²) in [6, 6.07) is 8.21. The molecule has 2 fully saturated rings. The third-order valence-corrected chi connectivity index (χ3v) is 8.66. The molecule has 0 bridgehead atoms. The lowest BCUT2D eigenvalue weighted by atomic mass is 9.73. The lowest BCUT2D eigenvalue weighted by Crippen LogP contribution is -2.36. The quantitative estimate of drug-likeness (QED) is 0.322. The SMILES string of the molecule is CCC1(CCCNc2ncc(Cl)c(-c3cc4c(C(=O)NC5CC5)cccc4s3)n2)CCNCC1. The molecule has 3 heterocycles. The number of nitrogens with zero attached hydrogens (tertiary/aromatic N) is 2. The van der Waals surface area contributed by atoms with Gasteiger partial charge in [-0.3, -0.25) is 4.79 Å². The van der Waals surface area contributed by atoms with E-state index in [0.29, 0.717) is 33.7 Å². The Morgan fingerprint density at radius 3 is 2.88 bits per heavy atom. The van der Waals surface area contributed by atoms with Gasteiger partial charge in [-0.25, -0.2) is 9.97 Å². The molecule has 1 amide bonds. The van der Waals surface area contributed by atoms with Gasteiger partial charge in [-0.05, 0) is 75.2 Å². The van der Waals surface area contributed by atoms with E-state index >= 15 is 0 Å². The maximum Gasteiger partial charge on any atom is 0.252 e. The first-order chi connectivity index (χ1) is 16.6. The number of amides is 1. The third-order valence-electron chi connectivity index (χ3n) is 7.28. The number of carbonyl (C=O) groups is 1. The molecule has 2 aliphatic rings. The molecule has 1 saturated carbocycles. The predicted molar refractivity (Wildman–Crippen MR) is 141 cm³/mol. The Bertz CT molecular complexity index is 1170. The molecule has 3 N–H and O–H groups in total. The van der Waals surface area contributed by atoms with Crippen LogP contribution in [-0.4, -0.2) is 41.6 Å². The number of rotatable bonds is 9. The van der Waals surface area contributed by atoms with Crippen LogP contribution < -0.4 is 16.0 Å². The number of benzene rings is 1. The van der Waals surface area contributed by atoms with E-state index in [1.165, 1.54) is 25.7 Å². The number of anilines is 1. The first-order valence-electron chi connectivity index (χ1n) is 12.4. The van der Waals surface area contributed by atoms with Gasteiger partial charge in [0.05, 0.1) is 16.1 Å². The zero-order valence-corrected chi connectivity index (χ0v) is 21.2. The third kappa shape index (κ3) is 5.21. The topological polar surface area (TPSA) is 78.9 Å². The Kier molecular flexibility index (Phi) is 7.04. The highest BCUT2D eigenvalue weighted by atomic mass is 35.5.